The van der Waals surface area contributed by atoms with E-state index in [9.17, 15) is 5.11 Å². The molecule has 1 spiro atoms. The second-order valence-electron chi connectivity index (χ2n) is 6.76. The number of aliphatic hydroxyl groups is 1. The molecular formula is C15H28IN3O2. The highest BCUT2D eigenvalue weighted by Gasteiger charge is 2.41. The van der Waals surface area contributed by atoms with E-state index in [0.29, 0.717) is 12.0 Å². The second kappa shape index (κ2) is 7.00. The number of likely N-dealkylation sites (tertiary alicyclic amines) is 1. The Morgan fingerprint density at radius 1 is 1.24 bits per heavy atom. The Hall–Kier alpha value is -0.0800. The molecule has 0 bridgehead atoms. The van der Waals surface area contributed by atoms with Crippen LogP contribution in [0.5, 0.6) is 0 Å². The summed E-state index contributed by atoms with van der Waals surface area (Å²) in [4.78, 5) is 6.75. The minimum atomic E-state index is -0.494. The van der Waals surface area contributed by atoms with Gasteiger partial charge in [-0.25, -0.2) is 0 Å². The zero-order valence-corrected chi connectivity index (χ0v) is 15.3. The molecule has 0 amide bonds. The lowest BCUT2D eigenvalue weighted by Crippen LogP contribution is -2.51. The van der Waals surface area contributed by atoms with Gasteiger partial charge in [-0.15, -0.1) is 24.0 Å². The van der Waals surface area contributed by atoms with Gasteiger partial charge in [-0.05, 0) is 43.9 Å². The van der Waals surface area contributed by atoms with Gasteiger partial charge in [0.2, 0.25) is 0 Å². The maximum absolute atomic E-state index is 10.2. The van der Waals surface area contributed by atoms with Crippen LogP contribution in [0.2, 0.25) is 0 Å². The van der Waals surface area contributed by atoms with Crippen molar-refractivity contribution < 1.29 is 9.84 Å². The van der Waals surface area contributed by atoms with Crippen LogP contribution in [0.25, 0.3) is 0 Å². The zero-order chi connectivity index (χ0) is 14.1. The monoisotopic (exact) mass is 409 g/mol. The molecule has 0 unspecified atom stereocenters. The first-order valence-corrected chi connectivity index (χ1v) is 7.91. The molecule has 2 N–H and O–H groups in total. The van der Waals surface area contributed by atoms with Gasteiger partial charge in [0.15, 0.2) is 5.96 Å². The maximum atomic E-state index is 10.2. The molecule has 3 fully saturated rings. The molecule has 1 aliphatic carbocycles. The van der Waals surface area contributed by atoms with E-state index in [2.05, 4.69) is 15.2 Å². The van der Waals surface area contributed by atoms with Crippen molar-refractivity contribution in [2.75, 3.05) is 39.9 Å². The van der Waals surface area contributed by atoms with Crippen molar-refractivity contribution in [3.05, 3.63) is 0 Å². The number of nitrogens with one attached hydrogen (secondary N) is 1. The van der Waals surface area contributed by atoms with Crippen LogP contribution in [0.3, 0.4) is 0 Å². The fourth-order valence-corrected chi connectivity index (χ4v) is 3.67. The minimum absolute atomic E-state index is 0. The molecule has 122 valence electrons. The molecule has 0 aromatic heterocycles. The Morgan fingerprint density at radius 3 is 2.52 bits per heavy atom. The van der Waals surface area contributed by atoms with Gasteiger partial charge in [0, 0.05) is 39.9 Å². The predicted molar refractivity (Wildman–Crippen MR) is 94.3 cm³/mol. The first-order chi connectivity index (χ1) is 9.65. The smallest absolute Gasteiger partial charge is 0.193 e. The van der Waals surface area contributed by atoms with Crippen LogP contribution in [0.1, 0.15) is 38.5 Å². The summed E-state index contributed by atoms with van der Waals surface area (Å²) in [5, 5.41) is 13.6. The summed E-state index contributed by atoms with van der Waals surface area (Å²) in [7, 11) is 1.84. The Balaban J connectivity index is 0.00000161. The van der Waals surface area contributed by atoms with Crippen molar-refractivity contribution in [1.82, 2.24) is 10.2 Å². The van der Waals surface area contributed by atoms with E-state index >= 15 is 0 Å². The van der Waals surface area contributed by atoms with E-state index in [1.807, 2.05) is 7.05 Å². The first-order valence-electron chi connectivity index (χ1n) is 7.91. The van der Waals surface area contributed by atoms with E-state index < -0.39 is 5.60 Å². The molecule has 0 radical (unpaired) electrons. The fraction of sp³-hybridized carbons (Fsp3) is 0.933. The third-order valence-electron chi connectivity index (χ3n) is 5.36. The average molecular weight is 409 g/mol. The molecule has 1 saturated carbocycles. The third kappa shape index (κ3) is 3.82. The summed E-state index contributed by atoms with van der Waals surface area (Å²) in [6, 6.07) is 0. The summed E-state index contributed by atoms with van der Waals surface area (Å²) >= 11 is 0. The number of ether oxygens (including phenoxy) is 1. The quantitative estimate of drug-likeness (QED) is 0.413. The normalized spacial score (nSPS) is 27.1. The molecule has 5 nitrogen and oxygen atoms in total. The highest BCUT2D eigenvalue weighted by molar-refractivity contribution is 14.0. The first kappa shape index (κ1) is 17.3. The van der Waals surface area contributed by atoms with Gasteiger partial charge in [0.05, 0.1) is 5.60 Å². The summed E-state index contributed by atoms with van der Waals surface area (Å²) in [6.07, 6.45) is 6.55. The molecule has 21 heavy (non-hydrogen) atoms. The number of rotatable bonds is 2. The van der Waals surface area contributed by atoms with Gasteiger partial charge >= 0.3 is 0 Å². The molecular weight excluding hydrogens is 381 g/mol. The van der Waals surface area contributed by atoms with Crippen molar-refractivity contribution in [1.29, 1.82) is 0 Å². The fourth-order valence-electron chi connectivity index (χ4n) is 3.67. The Labute approximate surface area is 144 Å². The van der Waals surface area contributed by atoms with E-state index in [-0.39, 0.29) is 24.0 Å². The summed E-state index contributed by atoms with van der Waals surface area (Å²) in [5.74, 6) is 0.952. The highest BCUT2D eigenvalue weighted by atomic mass is 127. The minimum Gasteiger partial charge on any atom is -0.388 e. The van der Waals surface area contributed by atoms with Gasteiger partial charge in [0.1, 0.15) is 0 Å². The molecule has 3 rings (SSSR count). The van der Waals surface area contributed by atoms with Gasteiger partial charge in [-0.3, -0.25) is 4.99 Å². The SMILES string of the molecule is CN=C(NCC1(O)CCC1)N1CCC2(CCOCC2)C1.I. The van der Waals surface area contributed by atoms with Crippen LogP contribution in [0.15, 0.2) is 4.99 Å². The van der Waals surface area contributed by atoms with Gasteiger partial charge in [0.25, 0.3) is 0 Å². The number of halogens is 1. The summed E-state index contributed by atoms with van der Waals surface area (Å²) in [5.41, 5.74) is -0.0602. The predicted octanol–water partition coefficient (Wildman–Crippen LogP) is 1.60. The van der Waals surface area contributed by atoms with Crippen molar-refractivity contribution >= 4 is 29.9 Å². The molecule has 2 heterocycles. The number of guanidine groups is 1. The average Bonchev–Trinajstić information content (AvgIpc) is 2.82. The second-order valence-corrected chi connectivity index (χ2v) is 6.76. The lowest BCUT2D eigenvalue weighted by Gasteiger charge is -2.38. The Kier molecular flexibility index (Phi) is 5.76. The van der Waals surface area contributed by atoms with E-state index in [1.54, 1.807) is 0 Å². The molecule has 3 aliphatic rings. The topological polar surface area (TPSA) is 57.1 Å². The van der Waals surface area contributed by atoms with Crippen molar-refractivity contribution in [3.8, 4) is 0 Å². The lowest BCUT2D eigenvalue weighted by atomic mass is 9.80. The van der Waals surface area contributed by atoms with Crippen molar-refractivity contribution in [2.45, 2.75) is 44.1 Å². The standard InChI is InChI=1S/C15H27N3O2.HI/c1-16-13(17-11-15(19)3-2-4-15)18-8-5-14(12-18)6-9-20-10-7-14;/h19H,2-12H2,1H3,(H,16,17);1H. The molecule has 0 aromatic carbocycles. The largest absolute Gasteiger partial charge is 0.388 e. The number of hydrogen-bond acceptors (Lipinski definition) is 3. The summed E-state index contributed by atoms with van der Waals surface area (Å²) < 4.78 is 5.50. The van der Waals surface area contributed by atoms with Crippen LogP contribution in [-0.4, -0.2) is 61.5 Å². The third-order valence-corrected chi connectivity index (χ3v) is 5.36. The summed E-state index contributed by atoms with van der Waals surface area (Å²) in [6.45, 7) is 4.58. The zero-order valence-electron chi connectivity index (χ0n) is 12.9. The van der Waals surface area contributed by atoms with Crippen LogP contribution in [0, 0.1) is 5.41 Å². The number of nitrogens with zero attached hydrogens (tertiary/aromatic N) is 2. The van der Waals surface area contributed by atoms with Crippen LogP contribution >= 0.6 is 24.0 Å². The van der Waals surface area contributed by atoms with Gasteiger partial charge in [-0.1, -0.05) is 0 Å². The number of aliphatic imine (C=N–C) groups is 1. The van der Waals surface area contributed by atoms with E-state index in [1.165, 1.54) is 19.3 Å². The number of hydrogen-bond donors (Lipinski definition) is 2. The van der Waals surface area contributed by atoms with Crippen molar-refractivity contribution in [3.63, 3.8) is 0 Å². The molecule has 6 heteroatoms. The Bertz CT molecular complexity index is 379. The van der Waals surface area contributed by atoms with Crippen LogP contribution in [-0.2, 0) is 4.74 Å². The van der Waals surface area contributed by atoms with Gasteiger partial charge in [-0.2, -0.15) is 0 Å². The molecule has 0 aromatic rings. The Morgan fingerprint density at radius 2 is 1.95 bits per heavy atom. The van der Waals surface area contributed by atoms with Crippen molar-refractivity contribution in [2.24, 2.45) is 10.4 Å². The highest BCUT2D eigenvalue weighted by Crippen LogP contribution is 2.39. The maximum Gasteiger partial charge on any atom is 0.193 e. The lowest BCUT2D eigenvalue weighted by molar-refractivity contribution is -0.0283. The molecule has 2 aliphatic heterocycles. The molecule has 0 atom stereocenters. The van der Waals surface area contributed by atoms with Crippen LogP contribution in [0.4, 0.5) is 0 Å². The van der Waals surface area contributed by atoms with E-state index in [0.717, 1.165) is 51.5 Å². The van der Waals surface area contributed by atoms with E-state index in [4.69, 9.17) is 4.74 Å². The van der Waals surface area contributed by atoms with Crippen LogP contribution < -0.4 is 5.32 Å². The van der Waals surface area contributed by atoms with Gasteiger partial charge < -0.3 is 20.1 Å². The molecule has 2 saturated heterocycles.